The van der Waals surface area contributed by atoms with Gasteiger partial charge in [0.2, 0.25) is 0 Å². The Bertz CT molecular complexity index is 342. The van der Waals surface area contributed by atoms with Crippen molar-refractivity contribution in [1.29, 1.82) is 0 Å². The molecule has 1 amide bonds. The number of amides is 1. The number of hydrogen-bond donors (Lipinski definition) is 1. The molecular weight excluding hydrogens is 284 g/mol. The molecule has 128 valence electrons. The summed E-state index contributed by atoms with van der Waals surface area (Å²) in [5.41, 5.74) is 0. The molecule has 1 aliphatic rings. The lowest BCUT2D eigenvalue weighted by molar-refractivity contribution is 0.0914. The van der Waals surface area contributed by atoms with Gasteiger partial charge in [-0.25, -0.2) is 4.79 Å². The van der Waals surface area contributed by atoms with Gasteiger partial charge in [-0.3, -0.25) is 4.99 Å². The van der Waals surface area contributed by atoms with Crippen LogP contribution in [0.25, 0.3) is 0 Å². The van der Waals surface area contributed by atoms with Gasteiger partial charge in [0.05, 0.1) is 6.61 Å². The Balaban J connectivity index is 2.42. The highest BCUT2D eigenvalue weighted by molar-refractivity contribution is 5.80. The maximum atomic E-state index is 11.7. The summed E-state index contributed by atoms with van der Waals surface area (Å²) in [6, 6.07) is 0. The van der Waals surface area contributed by atoms with E-state index in [1.165, 1.54) is 0 Å². The average molecular weight is 314 g/mol. The van der Waals surface area contributed by atoms with Gasteiger partial charge in [0.25, 0.3) is 0 Å². The van der Waals surface area contributed by atoms with Crippen LogP contribution in [0, 0.1) is 0 Å². The normalized spacial score (nSPS) is 15.9. The standard InChI is InChI=1S/C15H30N4O3/c1-4-16-14(17-8-7-13-21-5-2)18-9-11-19(12-10-18)15(20)22-6-3/h4-13H2,1-3H3,(H,16,17). The first-order valence-corrected chi connectivity index (χ1v) is 8.25. The van der Waals surface area contributed by atoms with Crippen LogP contribution in [0.1, 0.15) is 27.2 Å². The monoisotopic (exact) mass is 314 g/mol. The van der Waals surface area contributed by atoms with Crippen molar-refractivity contribution in [3.8, 4) is 0 Å². The molecule has 0 aromatic heterocycles. The topological polar surface area (TPSA) is 66.4 Å². The molecule has 0 saturated carbocycles. The second-order valence-corrected chi connectivity index (χ2v) is 4.96. The molecule has 0 radical (unpaired) electrons. The van der Waals surface area contributed by atoms with Gasteiger partial charge >= 0.3 is 6.09 Å². The van der Waals surface area contributed by atoms with Gasteiger partial charge in [0.15, 0.2) is 5.96 Å². The van der Waals surface area contributed by atoms with Crippen LogP contribution in [0.5, 0.6) is 0 Å². The van der Waals surface area contributed by atoms with E-state index in [2.05, 4.69) is 22.1 Å². The van der Waals surface area contributed by atoms with E-state index in [9.17, 15) is 4.79 Å². The van der Waals surface area contributed by atoms with Crippen molar-refractivity contribution in [1.82, 2.24) is 15.1 Å². The van der Waals surface area contributed by atoms with Gasteiger partial charge in [-0.15, -0.1) is 0 Å². The van der Waals surface area contributed by atoms with Gasteiger partial charge in [-0.1, -0.05) is 0 Å². The molecule has 0 aromatic carbocycles. The second kappa shape index (κ2) is 11.1. The smallest absolute Gasteiger partial charge is 0.409 e. The highest BCUT2D eigenvalue weighted by atomic mass is 16.6. The third-order valence-electron chi connectivity index (χ3n) is 3.35. The lowest BCUT2D eigenvalue weighted by atomic mass is 10.3. The number of carbonyl (C=O) groups excluding carboxylic acids is 1. The summed E-state index contributed by atoms with van der Waals surface area (Å²) in [4.78, 5) is 20.3. The van der Waals surface area contributed by atoms with Crippen LogP contribution in [-0.2, 0) is 9.47 Å². The van der Waals surface area contributed by atoms with Crippen LogP contribution in [-0.4, -0.2) is 80.9 Å². The van der Waals surface area contributed by atoms with Crippen molar-refractivity contribution >= 4 is 12.1 Å². The molecular formula is C15H30N4O3. The van der Waals surface area contributed by atoms with E-state index < -0.39 is 0 Å². The molecule has 0 aliphatic carbocycles. The van der Waals surface area contributed by atoms with Crippen LogP contribution in [0.4, 0.5) is 4.79 Å². The number of ether oxygens (including phenoxy) is 2. The summed E-state index contributed by atoms with van der Waals surface area (Å²) in [5.74, 6) is 0.919. The lowest BCUT2D eigenvalue weighted by Crippen LogP contribution is -2.53. The molecule has 1 rings (SSSR count). The number of nitrogens with zero attached hydrogens (tertiary/aromatic N) is 3. The molecule has 7 nitrogen and oxygen atoms in total. The van der Waals surface area contributed by atoms with Crippen molar-refractivity contribution in [3.63, 3.8) is 0 Å². The highest BCUT2D eigenvalue weighted by Gasteiger charge is 2.23. The number of rotatable bonds is 7. The third kappa shape index (κ3) is 6.51. The SMILES string of the molecule is CCNC(=NCCCOCC)N1CCN(C(=O)OCC)CC1. The summed E-state index contributed by atoms with van der Waals surface area (Å²) in [5, 5.41) is 3.31. The largest absolute Gasteiger partial charge is 0.450 e. The predicted molar refractivity (Wildman–Crippen MR) is 87.3 cm³/mol. The zero-order chi connectivity index (χ0) is 16.2. The number of guanidine groups is 1. The Kier molecular flexibility index (Phi) is 9.37. The van der Waals surface area contributed by atoms with E-state index in [4.69, 9.17) is 9.47 Å². The molecule has 1 saturated heterocycles. The number of hydrogen-bond acceptors (Lipinski definition) is 4. The second-order valence-electron chi connectivity index (χ2n) is 4.96. The number of piperazine rings is 1. The van der Waals surface area contributed by atoms with Crippen LogP contribution in [0.15, 0.2) is 4.99 Å². The predicted octanol–water partition coefficient (Wildman–Crippen LogP) is 1.15. The molecule has 0 bridgehead atoms. The molecule has 0 unspecified atom stereocenters. The molecule has 7 heteroatoms. The molecule has 0 spiro atoms. The highest BCUT2D eigenvalue weighted by Crippen LogP contribution is 2.04. The third-order valence-corrected chi connectivity index (χ3v) is 3.35. The van der Waals surface area contributed by atoms with Crippen LogP contribution in [0.2, 0.25) is 0 Å². The Labute approximate surface area is 133 Å². The van der Waals surface area contributed by atoms with Crippen LogP contribution < -0.4 is 5.32 Å². The lowest BCUT2D eigenvalue weighted by Gasteiger charge is -2.35. The van der Waals surface area contributed by atoms with Crippen molar-refractivity contribution in [2.45, 2.75) is 27.2 Å². The zero-order valence-corrected chi connectivity index (χ0v) is 14.1. The van der Waals surface area contributed by atoms with Crippen molar-refractivity contribution < 1.29 is 14.3 Å². The zero-order valence-electron chi connectivity index (χ0n) is 14.1. The molecule has 0 atom stereocenters. The van der Waals surface area contributed by atoms with E-state index in [1.54, 1.807) is 4.90 Å². The molecule has 1 heterocycles. The van der Waals surface area contributed by atoms with E-state index >= 15 is 0 Å². The maximum absolute atomic E-state index is 11.7. The van der Waals surface area contributed by atoms with Gasteiger partial charge in [-0.05, 0) is 27.2 Å². The van der Waals surface area contributed by atoms with Crippen molar-refractivity contribution in [3.05, 3.63) is 0 Å². The van der Waals surface area contributed by atoms with Gasteiger partial charge in [0.1, 0.15) is 0 Å². The number of carbonyl (C=O) groups is 1. The van der Waals surface area contributed by atoms with Gasteiger partial charge in [-0.2, -0.15) is 0 Å². The van der Waals surface area contributed by atoms with Gasteiger partial charge < -0.3 is 24.6 Å². The van der Waals surface area contributed by atoms with E-state index in [1.807, 2.05) is 13.8 Å². The summed E-state index contributed by atoms with van der Waals surface area (Å²) in [7, 11) is 0. The Hall–Kier alpha value is -1.50. The van der Waals surface area contributed by atoms with E-state index in [0.29, 0.717) is 19.7 Å². The molecule has 1 aliphatic heterocycles. The van der Waals surface area contributed by atoms with E-state index in [0.717, 1.165) is 51.8 Å². The van der Waals surface area contributed by atoms with Crippen LogP contribution in [0.3, 0.4) is 0 Å². The minimum atomic E-state index is -0.221. The summed E-state index contributed by atoms with van der Waals surface area (Å²) < 4.78 is 10.4. The van der Waals surface area contributed by atoms with Gasteiger partial charge in [0, 0.05) is 52.5 Å². The fraction of sp³-hybridized carbons (Fsp3) is 0.867. The minimum Gasteiger partial charge on any atom is -0.450 e. The minimum absolute atomic E-state index is 0.221. The summed E-state index contributed by atoms with van der Waals surface area (Å²) in [6.07, 6.45) is 0.701. The first-order valence-electron chi connectivity index (χ1n) is 8.25. The van der Waals surface area contributed by atoms with Crippen molar-refractivity contribution in [2.24, 2.45) is 4.99 Å². The Morgan fingerprint density at radius 1 is 1.09 bits per heavy atom. The number of nitrogens with one attached hydrogen (secondary N) is 1. The first kappa shape index (κ1) is 18.5. The Morgan fingerprint density at radius 2 is 1.77 bits per heavy atom. The Morgan fingerprint density at radius 3 is 2.36 bits per heavy atom. The summed E-state index contributed by atoms with van der Waals surface area (Å²) in [6.45, 7) is 12.3. The quantitative estimate of drug-likeness (QED) is 0.434. The number of aliphatic imine (C=N–C) groups is 1. The first-order chi connectivity index (χ1) is 10.7. The average Bonchev–Trinajstić information content (AvgIpc) is 2.54. The van der Waals surface area contributed by atoms with E-state index in [-0.39, 0.29) is 6.09 Å². The molecule has 1 N–H and O–H groups in total. The maximum Gasteiger partial charge on any atom is 0.409 e. The van der Waals surface area contributed by atoms with Crippen molar-refractivity contribution in [2.75, 3.05) is 59.1 Å². The van der Waals surface area contributed by atoms with Crippen LogP contribution >= 0.6 is 0 Å². The molecule has 0 aromatic rings. The molecule has 22 heavy (non-hydrogen) atoms. The fourth-order valence-electron chi connectivity index (χ4n) is 2.24. The summed E-state index contributed by atoms with van der Waals surface area (Å²) >= 11 is 0. The molecule has 1 fully saturated rings. The fourth-order valence-corrected chi connectivity index (χ4v) is 2.24.